The summed E-state index contributed by atoms with van der Waals surface area (Å²) in [6.45, 7) is 3.58. The molecule has 5 nitrogen and oxygen atoms in total. The van der Waals surface area contributed by atoms with Crippen LogP contribution in [0.5, 0.6) is 0 Å². The third-order valence-electron chi connectivity index (χ3n) is 2.68. The molecular formula is C11H12ClN5S. The zero-order chi connectivity index (χ0) is 12.5. The molecule has 0 amide bonds. The molecule has 7 heteroatoms. The Balaban J connectivity index is 1.75. The number of hydrogen-bond donors (Lipinski definition) is 1. The summed E-state index contributed by atoms with van der Waals surface area (Å²) in [5.41, 5.74) is 0. The quantitative estimate of drug-likeness (QED) is 0.919. The molecule has 1 unspecified atom stereocenters. The molecule has 1 aromatic rings. The molecule has 2 aliphatic rings. The van der Waals surface area contributed by atoms with E-state index < -0.39 is 0 Å². The van der Waals surface area contributed by atoms with Crippen LogP contribution < -0.4 is 5.32 Å². The maximum Gasteiger partial charge on any atom is 0.228 e. The Hall–Kier alpha value is -1.40. The van der Waals surface area contributed by atoms with Crippen LogP contribution in [0.4, 0.5) is 0 Å². The molecule has 0 saturated heterocycles. The van der Waals surface area contributed by atoms with Crippen LogP contribution >= 0.6 is 22.9 Å². The van der Waals surface area contributed by atoms with Crippen molar-refractivity contribution >= 4 is 34.1 Å². The predicted octanol–water partition coefficient (Wildman–Crippen LogP) is 1.79. The molecule has 2 aliphatic heterocycles. The van der Waals surface area contributed by atoms with Crippen LogP contribution in [0.2, 0.25) is 0 Å². The molecular weight excluding hydrogens is 270 g/mol. The second kappa shape index (κ2) is 4.70. The Morgan fingerprint density at radius 1 is 1.61 bits per heavy atom. The number of allylic oxidation sites excluding steroid dienone is 1. The summed E-state index contributed by atoms with van der Waals surface area (Å²) in [5.74, 6) is 1.63. The van der Waals surface area contributed by atoms with Gasteiger partial charge in [-0.3, -0.25) is 4.90 Å². The van der Waals surface area contributed by atoms with E-state index in [0.717, 1.165) is 17.4 Å². The zero-order valence-corrected chi connectivity index (χ0v) is 11.4. The second-order valence-electron chi connectivity index (χ2n) is 4.13. The normalized spacial score (nSPS) is 22.2. The molecule has 0 saturated carbocycles. The molecule has 94 valence electrons. The van der Waals surface area contributed by atoms with Crippen LogP contribution in [0.15, 0.2) is 33.5 Å². The molecule has 1 N–H and O–H groups in total. The summed E-state index contributed by atoms with van der Waals surface area (Å²) in [6.07, 6.45) is 3.63. The third-order valence-corrected chi connectivity index (χ3v) is 3.65. The first-order chi connectivity index (χ1) is 8.72. The van der Waals surface area contributed by atoms with Crippen LogP contribution in [0.1, 0.15) is 11.9 Å². The van der Waals surface area contributed by atoms with Crippen molar-refractivity contribution in [1.29, 1.82) is 0 Å². The van der Waals surface area contributed by atoms with Gasteiger partial charge in [-0.05, 0) is 6.92 Å². The van der Waals surface area contributed by atoms with Crippen LogP contribution in [-0.2, 0) is 6.54 Å². The smallest absolute Gasteiger partial charge is 0.228 e. The number of aromatic nitrogens is 1. The Morgan fingerprint density at radius 2 is 2.50 bits per heavy atom. The summed E-state index contributed by atoms with van der Waals surface area (Å²) in [7, 11) is 0. The van der Waals surface area contributed by atoms with Crippen molar-refractivity contribution < 1.29 is 0 Å². The maximum absolute atomic E-state index is 6.00. The fourth-order valence-electron chi connectivity index (χ4n) is 1.92. The van der Waals surface area contributed by atoms with Crippen molar-refractivity contribution in [2.75, 3.05) is 6.54 Å². The average Bonchev–Trinajstić information content (AvgIpc) is 2.93. The summed E-state index contributed by atoms with van der Waals surface area (Å²) in [5, 5.41) is 6.80. The van der Waals surface area contributed by atoms with Gasteiger partial charge in [0.1, 0.15) is 16.0 Å². The van der Waals surface area contributed by atoms with E-state index in [9.17, 15) is 0 Å². The Labute approximate surface area is 114 Å². The van der Waals surface area contributed by atoms with E-state index in [1.54, 1.807) is 17.5 Å². The van der Waals surface area contributed by atoms with E-state index in [2.05, 4.69) is 27.2 Å². The topological polar surface area (TPSA) is 52.9 Å². The molecule has 0 spiro atoms. The van der Waals surface area contributed by atoms with E-state index >= 15 is 0 Å². The lowest BCUT2D eigenvalue weighted by atomic mass is 10.3. The zero-order valence-electron chi connectivity index (χ0n) is 9.80. The number of rotatable bonds is 3. The first-order valence-corrected chi connectivity index (χ1v) is 6.91. The van der Waals surface area contributed by atoms with Crippen molar-refractivity contribution in [1.82, 2.24) is 15.2 Å². The van der Waals surface area contributed by atoms with E-state index in [-0.39, 0.29) is 6.04 Å². The van der Waals surface area contributed by atoms with E-state index in [1.165, 1.54) is 0 Å². The largest absolute Gasteiger partial charge is 0.365 e. The molecule has 0 aliphatic carbocycles. The van der Waals surface area contributed by atoms with E-state index in [0.29, 0.717) is 17.7 Å². The fourth-order valence-corrected chi connectivity index (χ4v) is 2.66. The van der Waals surface area contributed by atoms with Gasteiger partial charge in [0.05, 0.1) is 12.6 Å². The number of aliphatic imine (C=N–C) groups is 2. The molecule has 18 heavy (non-hydrogen) atoms. The molecule has 1 atom stereocenters. The first-order valence-electron chi connectivity index (χ1n) is 5.66. The average molecular weight is 282 g/mol. The van der Waals surface area contributed by atoms with Gasteiger partial charge < -0.3 is 5.32 Å². The van der Waals surface area contributed by atoms with Crippen molar-refractivity contribution in [2.45, 2.75) is 19.5 Å². The van der Waals surface area contributed by atoms with Gasteiger partial charge in [0.25, 0.3) is 0 Å². The van der Waals surface area contributed by atoms with Crippen LogP contribution in [0.25, 0.3) is 0 Å². The van der Waals surface area contributed by atoms with E-state index in [1.807, 2.05) is 16.4 Å². The maximum atomic E-state index is 6.00. The van der Waals surface area contributed by atoms with Crippen LogP contribution in [0.3, 0.4) is 0 Å². The van der Waals surface area contributed by atoms with Gasteiger partial charge in [-0.2, -0.15) is 0 Å². The number of fused-ring (bicyclic) bond motifs is 1. The van der Waals surface area contributed by atoms with Gasteiger partial charge in [-0.25, -0.2) is 15.0 Å². The molecule has 0 bridgehead atoms. The first kappa shape index (κ1) is 11.7. The highest BCUT2D eigenvalue weighted by Gasteiger charge is 2.28. The lowest BCUT2D eigenvalue weighted by molar-refractivity contribution is 0.469. The molecule has 0 fully saturated rings. The Bertz CT molecular complexity index is 534. The number of thiazole rings is 1. The highest BCUT2D eigenvalue weighted by Crippen LogP contribution is 2.20. The molecule has 0 aromatic carbocycles. The minimum Gasteiger partial charge on any atom is -0.365 e. The molecule has 1 aromatic heterocycles. The number of guanidine groups is 1. The van der Waals surface area contributed by atoms with Crippen LogP contribution in [-0.4, -0.2) is 33.6 Å². The molecule has 3 rings (SSSR count). The van der Waals surface area contributed by atoms with Crippen molar-refractivity contribution in [3.8, 4) is 0 Å². The number of nitrogens with one attached hydrogen (secondary N) is 1. The van der Waals surface area contributed by atoms with Gasteiger partial charge >= 0.3 is 0 Å². The van der Waals surface area contributed by atoms with Gasteiger partial charge in [0.15, 0.2) is 0 Å². The van der Waals surface area contributed by atoms with Crippen molar-refractivity contribution in [3.63, 3.8) is 0 Å². The number of nitrogens with zero attached hydrogens (tertiary/aromatic N) is 4. The monoisotopic (exact) mass is 281 g/mol. The number of halogens is 1. The molecule has 3 heterocycles. The summed E-state index contributed by atoms with van der Waals surface area (Å²) in [6, 6.07) is 0.247. The number of hydrogen-bond acceptors (Lipinski definition) is 6. The van der Waals surface area contributed by atoms with Crippen LogP contribution in [0, 0.1) is 0 Å². The van der Waals surface area contributed by atoms with Crippen molar-refractivity contribution in [2.24, 2.45) is 9.98 Å². The predicted molar refractivity (Wildman–Crippen MR) is 73.9 cm³/mol. The van der Waals surface area contributed by atoms with Gasteiger partial charge in [0, 0.05) is 24.2 Å². The standard InChI is InChI=1S/C11H12ClN5S/c1-7-6-17-9(4-8(12)16-11(17)15-7)14-5-10-13-2-3-18-10/h2-4,7,14H,5-6H2,1H3. The summed E-state index contributed by atoms with van der Waals surface area (Å²) in [4.78, 5) is 14.9. The van der Waals surface area contributed by atoms with Gasteiger partial charge in [-0.15, -0.1) is 11.3 Å². The van der Waals surface area contributed by atoms with Gasteiger partial charge in [-0.1, -0.05) is 11.6 Å². The summed E-state index contributed by atoms with van der Waals surface area (Å²) >= 11 is 7.62. The third kappa shape index (κ3) is 2.26. The Kier molecular flexibility index (Phi) is 3.05. The second-order valence-corrected chi connectivity index (χ2v) is 5.50. The Morgan fingerprint density at radius 3 is 3.28 bits per heavy atom. The summed E-state index contributed by atoms with van der Waals surface area (Å²) < 4.78 is 0. The lowest BCUT2D eigenvalue weighted by Gasteiger charge is -2.25. The van der Waals surface area contributed by atoms with Gasteiger partial charge in [0.2, 0.25) is 5.96 Å². The van der Waals surface area contributed by atoms with E-state index in [4.69, 9.17) is 11.6 Å². The minimum atomic E-state index is 0.247. The lowest BCUT2D eigenvalue weighted by Crippen LogP contribution is -2.37. The fraction of sp³-hybridized carbons (Fsp3) is 0.364. The highest BCUT2D eigenvalue weighted by atomic mass is 35.5. The van der Waals surface area contributed by atoms with Crippen molar-refractivity contribution in [3.05, 3.63) is 28.5 Å². The highest BCUT2D eigenvalue weighted by molar-refractivity contribution is 7.09. The minimum absolute atomic E-state index is 0.247. The molecule has 0 radical (unpaired) electrons. The SMILES string of the molecule is CC1CN2C(NCc3nccs3)=CC(Cl)=NC2=N1.